The maximum atomic E-state index is 11.5. The fraction of sp³-hybridized carbons (Fsp3) is 0.818. The van der Waals surface area contributed by atoms with E-state index in [0.717, 1.165) is 95.9 Å². The van der Waals surface area contributed by atoms with Crippen LogP contribution in [0, 0.1) is 23.7 Å². The number of hydrogen-bond donors (Lipinski definition) is 0. The molecule has 0 aromatic heterocycles. The largest absolute Gasteiger partial charge is 0.469 e. The van der Waals surface area contributed by atoms with Crippen LogP contribution in [-0.2, 0) is 33.2 Å². The maximum absolute atomic E-state index is 11.5. The van der Waals surface area contributed by atoms with Crippen LogP contribution in [0.1, 0.15) is 104 Å². The summed E-state index contributed by atoms with van der Waals surface area (Å²) >= 11 is 0. The number of rotatable bonds is 15. The van der Waals surface area contributed by atoms with Crippen molar-refractivity contribution in [2.24, 2.45) is 23.7 Å². The van der Waals surface area contributed by atoms with Crippen LogP contribution in [0.25, 0.3) is 0 Å². The highest BCUT2D eigenvalue weighted by Gasteiger charge is 2.49. The normalized spacial score (nSPS) is 31.4. The van der Waals surface area contributed by atoms with E-state index in [1.807, 2.05) is 0 Å². The Morgan fingerprint density at radius 3 is 2.34 bits per heavy atom. The van der Waals surface area contributed by atoms with Gasteiger partial charge < -0.3 is 18.9 Å². The van der Waals surface area contributed by atoms with E-state index in [1.165, 1.54) is 17.6 Å². The molecular formula is C33H54O7S. The van der Waals surface area contributed by atoms with E-state index in [1.54, 1.807) is 0 Å². The van der Waals surface area contributed by atoms with Crippen LogP contribution >= 0.6 is 0 Å². The van der Waals surface area contributed by atoms with Crippen LogP contribution in [-0.4, -0.2) is 53.2 Å². The molecule has 0 radical (unpaired) electrons. The second-order valence-electron chi connectivity index (χ2n) is 12.9. The SMILES string of the molecule is CC(C)=CCC[C@@H](C)CCC=C(OC1CCCCO1)[C@H]1[C@@H]2CC(CCOS(C)(=O)=O)=C[C@@H]2C[C@@H]1OC1CCCCO1. The molecule has 2 aliphatic carbocycles. The molecule has 0 aromatic rings. The van der Waals surface area contributed by atoms with Gasteiger partial charge >= 0.3 is 0 Å². The lowest BCUT2D eigenvalue weighted by atomic mass is 9.87. The molecule has 1 saturated carbocycles. The third kappa shape index (κ3) is 10.8. The molecule has 0 aromatic carbocycles. The minimum atomic E-state index is -3.44. The summed E-state index contributed by atoms with van der Waals surface area (Å²) in [5, 5.41) is 0. The van der Waals surface area contributed by atoms with Crippen molar-refractivity contribution < 1.29 is 31.5 Å². The molecule has 7 atom stereocenters. The summed E-state index contributed by atoms with van der Waals surface area (Å²) in [7, 11) is -3.44. The molecule has 0 spiro atoms. The van der Waals surface area contributed by atoms with E-state index in [-0.39, 0.29) is 31.2 Å². The Bertz CT molecular complexity index is 1000. The van der Waals surface area contributed by atoms with E-state index in [0.29, 0.717) is 24.2 Å². The molecule has 2 aliphatic heterocycles. The van der Waals surface area contributed by atoms with E-state index in [9.17, 15) is 8.42 Å². The second-order valence-corrected chi connectivity index (χ2v) is 14.6. The van der Waals surface area contributed by atoms with E-state index < -0.39 is 10.1 Å². The predicted octanol–water partition coefficient (Wildman–Crippen LogP) is 7.44. The van der Waals surface area contributed by atoms with Crippen molar-refractivity contribution in [3.05, 3.63) is 35.1 Å². The molecule has 4 aliphatic rings. The summed E-state index contributed by atoms with van der Waals surface area (Å²) in [6.07, 6.45) is 21.0. The highest BCUT2D eigenvalue weighted by molar-refractivity contribution is 7.85. The first-order chi connectivity index (χ1) is 19.7. The number of ether oxygens (including phenoxy) is 4. The van der Waals surface area contributed by atoms with Crippen molar-refractivity contribution in [2.45, 2.75) is 123 Å². The van der Waals surface area contributed by atoms with Crippen LogP contribution < -0.4 is 0 Å². The predicted molar refractivity (Wildman–Crippen MR) is 161 cm³/mol. The summed E-state index contributed by atoms with van der Waals surface area (Å²) in [5.74, 6) is 2.54. The van der Waals surface area contributed by atoms with Crippen molar-refractivity contribution in [3.8, 4) is 0 Å². The molecule has 3 fully saturated rings. The molecule has 0 N–H and O–H groups in total. The highest BCUT2D eigenvalue weighted by Crippen LogP contribution is 2.52. The zero-order valence-electron chi connectivity index (χ0n) is 25.9. The van der Waals surface area contributed by atoms with Gasteiger partial charge in [0.1, 0.15) is 5.76 Å². The van der Waals surface area contributed by atoms with Gasteiger partial charge in [0.25, 0.3) is 10.1 Å². The molecule has 8 heteroatoms. The van der Waals surface area contributed by atoms with Crippen LogP contribution in [0.2, 0.25) is 0 Å². The average Bonchev–Trinajstić information content (AvgIpc) is 3.45. The summed E-state index contributed by atoms with van der Waals surface area (Å²) < 4.78 is 53.6. The molecule has 4 rings (SSSR count). The Hall–Kier alpha value is -1.19. The third-order valence-corrected chi connectivity index (χ3v) is 9.59. The Labute approximate surface area is 249 Å². The van der Waals surface area contributed by atoms with Gasteiger partial charge in [0.2, 0.25) is 0 Å². The average molecular weight is 595 g/mol. The van der Waals surface area contributed by atoms with Gasteiger partial charge in [-0.05, 0) is 115 Å². The topological polar surface area (TPSA) is 80.3 Å². The summed E-state index contributed by atoms with van der Waals surface area (Å²) in [4.78, 5) is 0. The Kier molecular flexibility index (Phi) is 12.8. The number of fused-ring (bicyclic) bond motifs is 1. The summed E-state index contributed by atoms with van der Waals surface area (Å²) in [6, 6.07) is 0. The highest BCUT2D eigenvalue weighted by atomic mass is 32.2. The minimum absolute atomic E-state index is 0.0306. The smallest absolute Gasteiger partial charge is 0.264 e. The quantitative estimate of drug-likeness (QED) is 0.111. The maximum Gasteiger partial charge on any atom is 0.264 e. The van der Waals surface area contributed by atoms with E-state index >= 15 is 0 Å². The molecule has 0 bridgehead atoms. The van der Waals surface area contributed by atoms with Crippen molar-refractivity contribution >= 4 is 10.1 Å². The van der Waals surface area contributed by atoms with Crippen LogP contribution in [0.4, 0.5) is 0 Å². The van der Waals surface area contributed by atoms with Crippen molar-refractivity contribution in [1.82, 2.24) is 0 Å². The van der Waals surface area contributed by atoms with Crippen LogP contribution in [0.3, 0.4) is 0 Å². The van der Waals surface area contributed by atoms with Gasteiger partial charge in [-0.15, -0.1) is 0 Å². The fourth-order valence-electron chi connectivity index (χ4n) is 6.86. The lowest BCUT2D eigenvalue weighted by Crippen LogP contribution is -2.34. The van der Waals surface area contributed by atoms with Crippen molar-refractivity contribution in [1.29, 1.82) is 0 Å². The zero-order valence-corrected chi connectivity index (χ0v) is 26.7. The first-order valence-corrected chi connectivity index (χ1v) is 17.9. The molecule has 234 valence electrons. The molecule has 2 heterocycles. The summed E-state index contributed by atoms with van der Waals surface area (Å²) in [5.41, 5.74) is 2.67. The van der Waals surface area contributed by atoms with Gasteiger partial charge in [-0.25, -0.2) is 0 Å². The monoisotopic (exact) mass is 594 g/mol. The standard InChI is InChI=1S/C33H54O7S/c1-24(2)11-9-12-25(3)13-10-14-29(39-31-15-5-7-18-36-31)33-28-22-26(17-20-38-41(4,34)35)21-27(28)23-30(33)40-32-16-6-8-19-37-32/h11,14,21,25,27-28,30-33H,5-10,12-13,15-20,22-23H2,1-4H3/t25-,27-,28-,30+,31?,32?,33-/m1/s1. The Balaban J connectivity index is 1.49. The first-order valence-electron chi connectivity index (χ1n) is 16.1. The lowest BCUT2D eigenvalue weighted by Gasteiger charge is -2.34. The number of hydrogen-bond acceptors (Lipinski definition) is 7. The molecule has 0 amide bonds. The van der Waals surface area contributed by atoms with Gasteiger partial charge in [0, 0.05) is 18.9 Å². The van der Waals surface area contributed by atoms with Gasteiger partial charge in [-0.2, -0.15) is 8.42 Å². The van der Waals surface area contributed by atoms with Crippen LogP contribution in [0.5, 0.6) is 0 Å². The zero-order chi connectivity index (χ0) is 29.2. The van der Waals surface area contributed by atoms with Crippen LogP contribution in [0.15, 0.2) is 35.1 Å². The number of allylic oxidation sites excluding steroid dienone is 4. The molecule has 2 saturated heterocycles. The lowest BCUT2D eigenvalue weighted by molar-refractivity contribution is -0.200. The molecule has 7 nitrogen and oxygen atoms in total. The third-order valence-electron chi connectivity index (χ3n) is 9.00. The Morgan fingerprint density at radius 1 is 1.02 bits per heavy atom. The van der Waals surface area contributed by atoms with Gasteiger partial charge in [-0.1, -0.05) is 30.2 Å². The molecular weight excluding hydrogens is 540 g/mol. The Morgan fingerprint density at radius 2 is 1.71 bits per heavy atom. The summed E-state index contributed by atoms with van der Waals surface area (Å²) in [6.45, 7) is 8.39. The molecule has 41 heavy (non-hydrogen) atoms. The fourth-order valence-corrected chi connectivity index (χ4v) is 7.25. The van der Waals surface area contributed by atoms with E-state index in [2.05, 4.69) is 39.0 Å². The van der Waals surface area contributed by atoms with Gasteiger partial charge in [0.05, 0.1) is 25.6 Å². The first kappa shape index (κ1) is 32.7. The van der Waals surface area contributed by atoms with Crippen molar-refractivity contribution in [3.63, 3.8) is 0 Å². The minimum Gasteiger partial charge on any atom is -0.469 e. The van der Waals surface area contributed by atoms with Gasteiger partial charge in [-0.3, -0.25) is 4.18 Å². The van der Waals surface area contributed by atoms with E-state index in [4.69, 9.17) is 23.1 Å². The van der Waals surface area contributed by atoms with Gasteiger partial charge in [0.15, 0.2) is 12.6 Å². The van der Waals surface area contributed by atoms with Crippen molar-refractivity contribution in [2.75, 3.05) is 26.1 Å². The second kappa shape index (κ2) is 16.0. The molecule has 2 unspecified atom stereocenters.